The number of benzene rings is 4. The number of aliphatic hydroxyl groups is 1. The SMILES string of the molecule is O=c1nc2c(S(=O)(=O)O)cc(Nc3ccccc3)c3c2=c(c1=C(O)c1ccccc1)c1ccccc1c3=O. The van der Waals surface area contributed by atoms with Gasteiger partial charge in [0.15, 0.2) is 5.43 Å². The number of aliphatic hydroxyl groups excluding tert-OH is 1. The van der Waals surface area contributed by atoms with Crippen molar-refractivity contribution in [3.05, 3.63) is 133 Å². The third-order valence-electron chi connectivity index (χ3n) is 6.48. The maximum atomic E-state index is 13.9. The van der Waals surface area contributed by atoms with Crippen molar-refractivity contribution in [1.82, 2.24) is 4.98 Å². The van der Waals surface area contributed by atoms with E-state index < -0.39 is 26.0 Å². The molecule has 0 fully saturated rings. The summed E-state index contributed by atoms with van der Waals surface area (Å²) < 4.78 is 35.1. The third kappa shape index (κ3) is 3.64. The molecule has 2 aliphatic rings. The van der Waals surface area contributed by atoms with E-state index in [9.17, 15) is 27.7 Å². The average molecular weight is 523 g/mol. The van der Waals surface area contributed by atoms with Crippen molar-refractivity contribution in [2.24, 2.45) is 0 Å². The Morgan fingerprint density at radius 3 is 2.05 bits per heavy atom. The summed E-state index contributed by atoms with van der Waals surface area (Å²) in [5, 5.41) is 15.1. The van der Waals surface area contributed by atoms with Crippen molar-refractivity contribution in [2.75, 3.05) is 5.32 Å². The number of aromatic nitrogens is 1. The topological polar surface area (TPSA) is 134 Å². The summed E-state index contributed by atoms with van der Waals surface area (Å²) in [5.74, 6) is -0.370. The summed E-state index contributed by atoms with van der Waals surface area (Å²) in [4.78, 5) is 30.7. The second-order valence-electron chi connectivity index (χ2n) is 8.74. The van der Waals surface area contributed by atoms with Gasteiger partial charge in [-0.05, 0) is 23.6 Å². The molecule has 0 unspecified atom stereocenters. The van der Waals surface area contributed by atoms with Crippen molar-refractivity contribution in [3.8, 4) is 0 Å². The number of nitrogens with one attached hydrogen (secondary N) is 1. The van der Waals surface area contributed by atoms with E-state index in [1.165, 1.54) is 0 Å². The average Bonchev–Trinajstić information content (AvgIpc) is 2.91. The van der Waals surface area contributed by atoms with E-state index in [0.29, 0.717) is 16.6 Å². The molecule has 4 aromatic carbocycles. The van der Waals surface area contributed by atoms with Crippen molar-refractivity contribution >= 4 is 48.9 Å². The fourth-order valence-corrected chi connectivity index (χ4v) is 5.52. The Morgan fingerprint density at radius 2 is 1.39 bits per heavy atom. The lowest BCUT2D eigenvalue weighted by Crippen LogP contribution is -2.33. The van der Waals surface area contributed by atoms with Gasteiger partial charge >= 0.3 is 0 Å². The lowest BCUT2D eigenvalue weighted by atomic mass is 9.96. The van der Waals surface area contributed by atoms with Crippen molar-refractivity contribution < 1.29 is 18.1 Å². The van der Waals surface area contributed by atoms with Gasteiger partial charge in [0, 0.05) is 27.1 Å². The quantitative estimate of drug-likeness (QED) is 0.299. The van der Waals surface area contributed by atoms with Gasteiger partial charge in [0.2, 0.25) is 0 Å². The van der Waals surface area contributed by atoms with E-state index in [-0.39, 0.29) is 43.4 Å². The number of fused-ring (bicyclic) bond motifs is 2. The molecular weight excluding hydrogens is 504 g/mol. The minimum absolute atomic E-state index is 0.0411. The zero-order valence-corrected chi connectivity index (χ0v) is 20.4. The highest BCUT2D eigenvalue weighted by atomic mass is 32.2. The van der Waals surface area contributed by atoms with Gasteiger partial charge in [-0.1, -0.05) is 72.8 Å². The minimum Gasteiger partial charge on any atom is -0.506 e. The van der Waals surface area contributed by atoms with Crippen molar-refractivity contribution in [1.29, 1.82) is 0 Å². The molecule has 0 bridgehead atoms. The highest BCUT2D eigenvalue weighted by Crippen LogP contribution is 2.31. The van der Waals surface area contributed by atoms with E-state index >= 15 is 0 Å². The molecular formula is C29H18N2O6S. The van der Waals surface area contributed by atoms with E-state index in [1.54, 1.807) is 84.9 Å². The maximum absolute atomic E-state index is 13.9. The maximum Gasteiger partial charge on any atom is 0.296 e. The second-order valence-corrected chi connectivity index (χ2v) is 10.1. The number of hydrogen-bond acceptors (Lipinski definition) is 7. The molecule has 0 spiro atoms. The number of nitrogens with zero attached hydrogens (tertiary/aromatic N) is 1. The van der Waals surface area contributed by atoms with Crippen molar-refractivity contribution in [2.45, 2.75) is 4.90 Å². The van der Waals surface area contributed by atoms with Crippen LogP contribution in [0.25, 0.3) is 27.4 Å². The fraction of sp³-hybridized carbons (Fsp3) is 0. The molecule has 0 atom stereocenters. The summed E-state index contributed by atoms with van der Waals surface area (Å²) in [6, 6.07) is 24.8. The number of anilines is 2. The van der Waals surface area contributed by atoms with Gasteiger partial charge in [-0.3, -0.25) is 14.1 Å². The lowest BCUT2D eigenvalue weighted by Gasteiger charge is -2.15. The Morgan fingerprint density at radius 1 is 0.789 bits per heavy atom. The highest BCUT2D eigenvalue weighted by molar-refractivity contribution is 7.86. The van der Waals surface area contributed by atoms with Crippen molar-refractivity contribution in [3.63, 3.8) is 0 Å². The molecule has 38 heavy (non-hydrogen) atoms. The van der Waals surface area contributed by atoms with Gasteiger partial charge in [-0.25, -0.2) is 4.98 Å². The zero-order chi connectivity index (χ0) is 26.6. The van der Waals surface area contributed by atoms with Gasteiger partial charge in [-0.2, -0.15) is 8.42 Å². The smallest absolute Gasteiger partial charge is 0.296 e. The second kappa shape index (κ2) is 8.62. The predicted octanol–water partition coefficient (Wildman–Crippen LogP) is 3.69. The first-order chi connectivity index (χ1) is 18.3. The zero-order valence-electron chi connectivity index (χ0n) is 19.5. The first-order valence-corrected chi connectivity index (χ1v) is 13.0. The van der Waals surface area contributed by atoms with Gasteiger partial charge in [0.05, 0.1) is 21.8 Å². The van der Waals surface area contributed by atoms with Crippen LogP contribution in [0.15, 0.2) is 105 Å². The Hall–Kier alpha value is -4.86. The molecule has 0 radical (unpaired) electrons. The molecule has 1 heterocycles. The Labute approximate surface area is 214 Å². The Kier molecular flexibility index (Phi) is 5.34. The number of rotatable bonds is 4. The fourth-order valence-electron chi connectivity index (χ4n) is 4.86. The van der Waals surface area contributed by atoms with Crippen LogP contribution in [0.2, 0.25) is 0 Å². The van der Waals surface area contributed by atoms with E-state index in [2.05, 4.69) is 10.3 Å². The van der Waals surface area contributed by atoms with Crippen LogP contribution in [-0.4, -0.2) is 23.1 Å². The molecule has 4 aromatic rings. The standard InChI is InChI=1S/C29H18N2O6S/c32-27(16-9-3-1-4-10-16)25-22-18-13-7-8-14-19(18)28(33)23-20(30-17-11-5-2-6-12-17)15-21(38(35,36)37)26(24(22)23)31-29(25)34/h1-15,30,32H,(H,35,36,37). The van der Waals surface area contributed by atoms with Crippen LogP contribution in [0.3, 0.4) is 0 Å². The molecule has 0 saturated heterocycles. The molecule has 1 aliphatic carbocycles. The van der Waals surface area contributed by atoms with E-state index in [1.807, 2.05) is 0 Å². The van der Waals surface area contributed by atoms with Crippen LogP contribution in [-0.2, 0) is 10.1 Å². The van der Waals surface area contributed by atoms with E-state index in [0.717, 1.165) is 6.07 Å². The Balaban J connectivity index is 1.99. The Bertz CT molecular complexity index is 2220. The number of para-hydroxylation sites is 1. The van der Waals surface area contributed by atoms with Crippen LogP contribution in [0.1, 0.15) is 5.56 Å². The molecule has 9 heteroatoms. The summed E-state index contributed by atoms with van der Waals surface area (Å²) in [6.45, 7) is 0. The van der Waals surface area contributed by atoms with Gasteiger partial charge in [-0.15, -0.1) is 0 Å². The van der Waals surface area contributed by atoms with Crippen LogP contribution < -0.4 is 21.5 Å². The number of hydrogen-bond donors (Lipinski definition) is 3. The first kappa shape index (κ1) is 23.5. The monoisotopic (exact) mass is 522 g/mol. The molecule has 0 aromatic heterocycles. The van der Waals surface area contributed by atoms with Crippen LogP contribution in [0.4, 0.5) is 11.4 Å². The summed E-state index contributed by atoms with van der Waals surface area (Å²) in [5.41, 5.74) is -0.686. The van der Waals surface area contributed by atoms with Gasteiger partial charge < -0.3 is 10.4 Å². The third-order valence-corrected chi connectivity index (χ3v) is 7.34. The minimum atomic E-state index is -4.88. The molecule has 0 amide bonds. The predicted molar refractivity (Wildman–Crippen MR) is 145 cm³/mol. The molecule has 3 N–H and O–H groups in total. The molecule has 186 valence electrons. The largest absolute Gasteiger partial charge is 0.506 e. The van der Waals surface area contributed by atoms with E-state index in [4.69, 9.17) is 0 Å². The molecule has 0 saturated carbocycles. The molecule has 6 rings (SSSR count). The summed E-state index contributed by atoms with van der Waals surface area (Å²) in [7, 11) is -4.88. The van der Waals surface area contributed by atoms with Gasteiger partial charge in [0.1, 0.15) is 10.7 Å². The first-order valence-electron chi connectivity index (χ1n) is 11.5. The van der Waals surface area contributed by atoms with Crippen LogP contribution >= 0.6 is 0 Å². The molecule has 8 nitrogen and oxygen atoms in total. The molecule has 1 aliphatic heterocycles. The highest BCUT2D eigenvalue weighted by Gasteiger charge is 2.25. The summed E-state index contributed by atoms with van der Waals surface area (Å²) in [6.07, 6.45) is 0. The van der Waals surface area contributed by atoms with Gasteiger partial charge in [0.25, 0.3) is 15.7 Å². The lowest BCUT2D eigenvalue weighted by molar-refractivity contribution is 0.484. The summed E-state index contributed by atoms with van der Waals surface area (Å²) >= 11 is 0. The normalized spacial score (nSPS) is 12.8. The van der Waals surface area contributed by atoms with Crippen LogP contribution in [0, 0.1) is 10.4 Å². The van der Waals surface area contributed by atoms with Crippen LogP contribution in [0.5, 0.6) is 0 Å².